The summed E-state index contributed by atoms with van der Waals surface area (Å²) >= 11 is 0. The summed E-state index contributed by atoms with van der Waals surface area (Å²) in [6.07, 6.45) is 7.20. The van der Waals surface area contributed by atoms with Crippen LogP contribution in [0, 0.1) is 17.8 Å². The molecule has 0 aromatic carbocycles. The summed E-state index contributed by atoms with van der Waals surface area (Å²) < 4.78 is 5.72. The molecule has 1 N–H and O–H groups in total. The molecule has 3 heteroatoms. The molecule has 5 atom stereocenters. The molecule has 2 aliphatic carbocycles. The number of rotatable bonds is 5. The lowest BCUT2D eigenvalue weighted by molar-refractivity contribution is -0.000828. The van der Waals surface area contributed by atoms with Gasteiger partial charge in [-0.1, -0.05) is 13.3 Å². The molecule has 2 saturated carbocycles. The van der Waals surface area contributed by atoms with Crippen LogP contribution in [0.3, 0.4) is 0 Å². The SMILES string of the molecule is CCNC1CCOCC1N(C)CC1CC2CCC1C2. The Morgan fingerprint density at radius 1 is 1.21 bits per heavy atom. The molecule has 110 valence electrons. The molecule has 3 aliphatic rings. The number of ether oxygens (including phenoxy) is 1. The van der Waals surface area contributed by atoms with Crippen LogP contribution in [0.2, 0.25) is 0 Å². The van der Waals surface area contributed by atoms with Crippen molar-refractivity contribution < 1.29 is 4.74 Å². The molecule has 1 aliphatic heterocycles. The second-order valence-electron chi connectivity index (χ2n) is 6.97. The minimum atomic E-state index is 0.577. The maximum absolute atomic E-state index is 5.72. The van der Waals surface area contributed by atoms with Gasteiger partial charge in [-0.3, -0.25) is 4.90 Å². The Morgan fingerprint density at radius 2 is 2.11 bits per heavy atom. The van der Waals surface area contributed by atoms with Crippen LogP contribution >= 0.6 is 0 Å². The van der Waals surface area contributed by atoms with Crippen LogP contribution in [-0.4, -0.2) is 50.3 Å². The minimum absolute atomic E-state index is 0.577. The standard InChI is InChI=1S/C16H30N2O/c1-3-17-15-6-7-19-11-16(15)18(2)10-14-9-12-4-5-13(14)8-12/h12-17H,3-11H2,1-2H3. The molecule has 0 amide bonds. The van der Waals surface area contributed by atoms with Crippen LogP contribution < -0.4 is 5.32 Å². The fraction of sp³-hybridized carbons (Fsp3) is 1.00. The first-order valence-electron chi connectivity index (χ1n) is 8.29. The predicted octanol–water partition coefficient (Wildman–Crippen LogP) is 2.12. The molecule has 0 spiro atoms. The number of nitrogens with one attached hydrogen (secondary N) is 1. The van der Waals surface area contributed by atoms with Gasteiger partial charge in [0.15, 0.2) is 0 Å². The zero-order valence-electron chi connectivity index (χ0n) is 12.6. The van der Waals surface area contributed by atoms with E-state index >= 15 is 0 Å². The highest BCUT2D eigenvalue weighted by atomic mass is 16.5. The van der Waals surface area contributed by atoms with E-state index in [1.165, 1.54) is 38.6 Å². The Morgan fingerprint density at radius 3 is 2.79 bits per heavy atom. The van der Waals surface area contributed by atoms with E-state index in [1.54, 1.807) is 0 Å². The highest BCUT2D eigenvalue weighted by Crippen LogP contribution is 2.48. The van der Waals surface area contributed by atoms with Gasteiger partial charge >= 0.3 is 0 Å². The van der Waals surface area contributed by atoms with Crippen LogP contribution in [0.5, 0.6) is 0 Å². The largest absolute Gasteiger partial charge is 0.380 e. The Kier molecular flexibility index (Phi) is 4.45. The van der Waals surface area contributed by atoms with Crippen molar-refractivity contribution in [1.82, 2.24) is 10.2 Å². The zero-order chi connectivity index (χ0) is 13.2. The minimum Gasteiger partial charge on any atom is -0.380 e. The van der Waals surface area contributed by atoms with Gasteiger partial charge in [-0.05, 0) is 57.0 Å². The van der Waals surface area contributed by atoms with E-state index in [0.717, 1.165) is 37.5 Å². The molecular weight excluding hydrogens is 236 g/mol. The van der Waals surface area contributed by atoms with Crippen LogP contribution in [0.1, 0.15) is 39.0 Å². The van der Waals surface area contributed by atoms with Gasteiger partial charge in [-0.2, -0.15) is 0 Å². The first-order chi connectivity index (χ1) is 9.28. The van der Waals surface area contributed by atoms with E-state index in [0.29, 0.717) is 12.1 Å². The molecule has 1 heterocycles. The first kappa shape index (κ1) is 13.8. The third-order valence-corrected chi connectivity index (χ3v) is 5.77. The van der Waals surface area contributed by atoms with E-state index in [-0.39, 0.29) is 0 Å². The Bertz CT molecular complexity index is 294. The molecule has 19 heavy (non-hydrogen) atoms. The van der Waals surface area contributed by atoms with E-state index in [4.69, 9.17) is 4.74 Å². The lowest BCUT2D eigenvalue weighted by atomic mass is 9.88. The summed E-state index contributed by atoms with van der Waals surface area (Å²) in [5.41, 5.74) is 0. The van der Waals surface area contributed by atoms with E-state index in [9.17, 15) is 0 Å². The fourth-order valence-corrected chi connectivity index (χ4v) is 4.76. The Labute approximate surface area is 118 Å². The van der Waals surface area contributed by atoms with E-state index in [1.807, 2.05) is 0 Å². The summed E-state index contributed by atoms with van der Waals surface area (Å²) in [6.45, 7) is 6.41. The quantitative estimate of drug-likeness (QED) is 0.825. The third-order valence-electron chi connectivity index (χ3n) is 5.77. The first-order valence-corrected chi connectivity index (χ1v) is 8.29. The summed E-state index contributed by atoms with van der Waals surface area (Å²) in [5.74, 6) is 3.07. The second-order valence-corrected chi connectivity index (χ2v) is 6.97. The Balaban J connectivity index is 1.54. The number of hydrogen-bond acceptors (Lipinski definition) is 3. The smallest absolute Gasteiger partial charge is 0.0636 e. The fourth-order valence-electron chi connectivity index (χ4n) is 4.76. The van der Waals surface area contributed by atoms with E-state index < -0.39 is 0 Å². The zero-order valence-corrected chi connectivity index (χ0v) is 12.6. The molecule has 5 unspecified atom stereocenters. The number of hydrogen-bond donors (Lipinski definition) is 1. The summed E-state index contributed by atoms with van der Waals surface area (Å²) in [6, 6.07) is 1.20. The highest BCUT2D eigenvalue weighted by Gasteiger charge is 2.40. The predicted molar refractivity (Wildman–Crippen MR) is 78.3 cm³/mol. The normalized spacial score (nSPS) is 42.2. The average Bonchev–Trinajstić information content (AvgIpc) is 3.02. The maximum Gasteiger partial charge on any atom is 0.0636 e. The van der Waals surface area contributed by atoms with Crippen molar-refractivity contribution in [3.8, 4) is 0 Å². The van der Waals surface area contributed by atoms with Crippen LogP contribution in [0.4, 0.5) is 0 Å². The molecule has 1 saturated heterocycles. The molecule has 3 fully saturated rings. The van der Waals surface area contributed by atoms with Gasteiger partial charge in [0.25, 0.3) is 0 Å². The molecule has 2 bridgehead atoms. The lowest BCUT2D eigenvalue weighted by Gasteiger charge is -2.40. The van der Waals surface area contributed by atoms with Crippen molar-refractivity contribution in [2.75, 3.05) is 33.4 Å². The van der Waals surface area contributed by atoms with Gasteiger partial charge in [0.2, 0.25) is 0 Å². The maximum atomic E-state index is 5.72. The Hall–Kier alpha value is -0.120. The van der Waals surface area contributed by atoms with Crippen LogP contribution in [0.25, 0.3) is 0 Å². The summed E-state index contributed by atoms with van der Waals surface area (Å²) in [4.78, 5) is 2.60. The number of likely N-dealkylation sites (N-methyl/N-ethyl adjacent to an activating group) is 2. The van der Waals surface area contributed by atoms with Crippen molar-refractivity contribution in [1.29, 1.82) is 0 Å². The van der Waals surface area contributed by atoms with Crippen molar-refractivity contribution >= 4 is 0 Å². The summed E-state index contributed by atoms with van der Waals surface area (Å²) in [7, 11) is 2.32. The molecule has 0 radical (unpaired) electrons. The second kappa shape index (κ2) is 6.11. The lowest BCUT2D eigenvalue weighted by Crippen LogP contribution is -2.55. The van der Waals surface area contributed by atoms with Crippen LogP contribution in [-0.2, 0) is 4.74 Å². The van der Waals surface area contributed by atoms with Gasteiger partial charge in [0.05, 0.1) is 6.61 Å². The van der Waals surface area contributed by atoms with Crippen molar-refractivity contribution in [2.45, 2.75) is 51.1 Å². The van der Waals surface area contributed by atoms with Crippen LogP contribution in [0.15, 0.2) is 0 Å². The number of nitrogens with zero attached hydrogens (tertiary/aromatic N) is 1. The summed E-state index contributed by atoms with van der Waals surface area (Å²) in [5, 5.41) is 3.65. The molecule has 0 aromatic heterocycles. The van der Waals surface area contributed by atoms with Crippen molar-refractivity contribution in [3.05, 3.63) is 0 Å². The molecule has 3 nitrogen and oxygen atoms in total. The van der Waals surface area contributed by atoms with Gasteiger partial charge in [-0.25, -0.2) is 0 Å². The topological polar surface area (TPSA) is 24.5 Å². The molecule has 0 aromatic rings. The van der Waals surface area contributed by atoms with Gasteiger partial charge in [-0.15, -0.1) is 0 Å². The van der Waals surface area contributed by atoms with Gasteiger partial charge in [0, 0.05) is 25.2 Å². The van der Waals surface area contributed by atoms with Gasteiger partial charge in [0.1, 0.15) is 0 Å². The molecule has 3 rings (SSSR count). The molecular formula is C16H30N2O. The highest BCUT2D eigenvalue weighted by molar-refractivity contribution is 4.93. The third kappa shape index (κ3) is 2.98. The van der Waals surface area contributed by atoms with Gasteiger partial charge < -0.3 is 10.1 Å². The van der Waals surface area contributed by atoms with Crippen molar-refractivity contribution in [2.24, 2.45) is 17.8 Å². The van der Waals surface area contributed by atoms with E-state index in [2.05, 4.69) is 24.2 Å². The number of fused-ring (bicyclic) bond motifs is 2. The average molecular weight is 266 g/mol. The van der Waals surface area contributed by atoms with Crippen molar-refractivity contribution in [3.63, 3.8) is 0 Å². The monoisotopic (exact) mass is 266 g/mol.